The Balaban J connectivity index is 0.00000242. The van der Waals surface area contributed by atoms with Crippen molar-refractivity contribution in [1.82, 2.24) is 10.2 Å². The van der Waals surface area contributed by atoms with Crippen molar-refractivity contribution in [3.63, 3.8) is 0 Å². The number of nitrogens with zero attached hydrogens (tertiary/aromatic N) is 1. The zero-order valence-electron chi connectivity index (χ0n) is 12.5. The molecule has 0 saturated carbocycles. The predicted octanol–water partition coefficient (Wildman–Crippen LogP) is 3.87. The molecule has 1 aliphatic rings. The van der Waals surface area contributed by atoms with E-state index in [1.54, 1.807) is 0 Å². The SMILES string of the molecule is CCOc1ccc(Br)cc1[C@H](CC(F)F)N1CCNCC1.Cl. The first-order valence-corrected chi connectivity index (χ1v) is 8.06. The molecule has 7 heteroatoms. The molecule has 0 amide bonds. The molecule has 22 heavy (non-hydrogen) atoms. The lowest BCUT2D eigenvalue weighted by Crippen LogP contribution is -2.45. The van der Waals surface area contributed by atoms with Crippen molar-refractivity contribution < 1.29 is 13.5 Å². The second-order valence-electron chi connectivity index (χ2n) is 5.04. The molecule has 0 aromatic heterocycles. The smallest absolute Gasteiger partial charge is 0.240 e. The van der Waals surface area contributed by atoms with Gasteiger partial charge in [0.2, 0.25) is 6.43 Å². The lowest BCUT2D eigenvalue weighted by Gasteiger charge is -2.35. The molecule has 1 N–H and O–H groups in total. The highest BCUT2D eigenvalue weighted by Gasteiger charge is 2.28. The number of rotatable bonds is 6. The monoisotopic (exact) mass is 398 g/mol. The van der Waals surface area contributed by atoms with E-state index in [-0.39, 0.29) is 24.9 Å². The van der Waals surface area contributed by atoms with Crippen LogP contribution in [0.15, 0.2) is 22.7 Å². The normalized spacial score (nSPS) is 17.1. The summed E-state index contributed by atoms with van der Waals surface area (Å²) in [6.07, 6.45) is -2.50. The van der Waals surface area contributed by atoms with E-state index >= 15 is 0 Å². The Bertz CT molecular complexity index is 459. The average molecular weight is 400 g/mol. The van der Waals surface area contributed by atoms with Gasteiger partial charge in [0.25, 0.3) is 0 Å². The molecule has 1 heterocycles. The highest BCUT2D eigenvalue weighted by molar-refractivity contribution is 9.10. The van der Waals surface area contributed by atoms with E-state index < -0.39 is 6.43 Å². The van der Waals surface area contributed by atoms with Crippen LogP contribution in [0.4, 0.5) is 8.78 Å². The van der Waals surface area contributed by atoms with Gasteiger partial charge >= 0.3 is 0 Å². The van der Waals surface area contributed by atoms with Crippen LogP contribution in [-0.2, 0) is 0 Å². The van der Waals surface area contributed by atoms with Gasteiger partial charge in [-0.3, -0.25) is 4.90 Å². The predicted molar refractivity (Wildman–Crippen MR) is 90.4 cm³/mol. The summed E-state index contributed by atoms with van der Waals surface area (Å²) in [6, 6.07) is 5.32. The summed E-state index contributed by atoms with van der Waals surface area (Å²) < 4.78 is 32.6. The lowest BCUT2D eigenvalue weighted by molar-refractivity contribution is 0.0726. The Morgan fingerprint density at radius 3 is 2.59 bits per heavy atom. The first-order chi connectivity index (χ1) is 10.1. The van der Waals surface area contributed by atoms with Crippen LogP contribution in [0.3, 0.4) is 0 Å². The first kappa shape index (κ1) is 19.6. The molecule has 3 nitrogen and oxygen atoms in total. The third kappa shape index (κ3) is 5.33. The maximum absolute atomic E-state index is 13.0. The molecule has 1 fully saturated rings. The summed E-state index contributed by atoms with van der Waals surface area (Å²) in [5.74, 6) is 0.699. The average Bonchev–Trinajstić information content (AvgIpc) is 2.48. The van der Waals surface area contributed by atoms with Gasteiger partial charge in [-0.25, -0.2) is 8.78 Å². The molecule has 1 aromatic carbocycles. The van der Waals surface area contributed by atoms with Gasteiger partial charge in [-0.2, -0.15) is 0 Å². The van der Waals surface area contributed by atoms with Crippen molar-refractivity contribution in [2.45, 2.75) is 25.8 Å². The Morgan fingerprint density at radius 2 is 2.00 bits per heavy atom. The number of piperazine rings is 1. The van der Waals surface area contributed by atoms with Crippen LogP contribution in [-0.4, -0.2) is 44.1 Å². The molecule has 2 rings (SSSR count). The van der Waals surface area contributed by atoms with Crippen LogP contribution in [0.2, 0.25) is 0 Å². The summed E-state index contributed by atoms with van der Waals surface area (Å²) in [5, 5.41) is 3.26. The molecule has 0 unspecified atom stereocenters. The number of ether oxygens (including phenoxy) is 1. The highest BCUT2D eigenvalue weighted by Crippen LogP contribution is 2.35. The molecular formula is C15H22BrClF2N2O. The van der Waals surface area contributed by atoms with Gasteiger partial charge < -0.3 is 10.1 Å². The molecule has 1 aliphatic heterocycles. The van der Waals surface area contributed by atoms with Crippen LogP contribution in [0.25, 0.3) is 0 Å². The molecule has 0 aliphatic carbocycles. The second kappa shape index (κ2) is 9.65. The Morgan fingerprint density at radius 1 is 1.32 bits per heavy atom. The number of hydrogen-bond donors (Lipinski definition) is 1. The lowest BCUT2D eigenvalue weighted by atomic mass is 10.00. The second-order valence-corrected chi connectivity index (χ2v) is 5.96. The molecule has 1 saturated heterocycles. The summed E-state index contributed by atoms with van der Waals surface area (Å²) >= 11 is 3.43. The number of alkyl halides is 2. The Hall–Kier alpha value is -0.430. The molecule has 1 aromatic rings. The van der Waals surface area contributed by atoms with Gasteiger partial charge in [0.05, 0.1) is 6.61 Å². The number of benzene rings is 1. The van der Waals surface area contributed by atoms with Crippen LogP contribution < -0.4 is 10.1 Å². The van der Waals surface area contributed by atoms with Crippen molar-refractivity contribution in [3.05, 3.63) is 28.2 Å². The van der Waals surface area contributed by atoms with E-state index in [1.165, 1.54) is 0 Å². The zero-order chi connectivity index (χ0) is 15.2. The van der Waals surface area contributed by atoms with E-state index in [4.69, 9.17) is 4.74 Å². The quantitative estimate of drug-likeness (QED) is 0.786. The molecule has 1 atom stereocenters. The molecular weight excluding hydrogens is 378 g/mol. The van der Waals surface area contributed by atoms with Crippen LogP contribution in [0.5, 0.6) is 5.75 Å². The first-order valence-electron chi connectivity index (χ1n) is 7.27. The fourth-order valence-corrected chi connectivity index (χ4v) is 3.08. The maximum Gasteiger partial charge on any atom is 0.240 e. The largest absolute Gasteiger partial charge is 0.494 e. The minimum atomic E-state index is -2.33. The van der Waals surface area contributed by atoms with Gasteiger partial charge in [-0.15, -0.1) is 12.4 Å². The summed E-state index contributed by atoms with van der Waals surface area (Å²) in [5.41, 5.74) is 0.841. The third-order valence-electron chi connectivity index (χ3n) is 3.62. The van der Waals surface area contributed by atoms with Crippen LogP contribution >= 0.6 is 28.3 Å². The van der Waals surface area contributed by atoms with Crippen molar-refractivity contribution >= 4 is 28.3 Å². The van der Waals surface area contributed by atoms with Gasteiger partial charge in [0, 0.05) is 48.7 Å². The molecule has 0 bridgehead atoms. The van der Waals surface area contributed by atoms with E-state index in [9.17, 15) is 8.78 Å². The molecule has 126 valence electrons. The van der Waals surface area contributed by atoms with Crippen molar-refractivity contribution in [2.24, 2.45) is 0 Å². The Kier molecular flexibility index (Phi) is 8.61. The summed E-state index contributed by atoms with van der Waals surface area (Å²) in [7, 11) is 0. The van der Waals surface area contributed by atoms with E-state index in [2.05, 4.69) is 26.1 Å². The van der Waals surface area contributed by atoms with Gasteiger partial charge in [-0.1, -0.05) is 15.9 Å². The fourth-order valence-electron chi connectivity index (χ4n) is 2.70. The minimum absolute atomic E-state index is 0. The Labute approximate surface area is 144 Å². The standard InChI is InChI=1S/C15H21BrF2N2O.ClH/c1-2-21-14-4-3-11(16)9-12(14)13(10-15(17)18)20-7-5-19-6-8-20;/h3-4,9,13,15,19H,2,5-8,10H2,1H3;1H/t13-;/m0./s1. The summed E-state index contributed by atoms with van der Waals surface area (Å²) in [4.78, 5) is 2.12. The van der Waals surface area contributed by atoms with E-state index in [0.29, 0.717) is 12.4 Å². The van der Waals surface area contributed by atoms with Crippen molar-refractivity contribution in [2.75, 3.05) is 32.8 Å². The van der Waals surface area contributed by atoms with E-state index in [0.717, 1.165) is 36.2 Å². The van der Waals surface area contributed by atoms with Crippen LogP contribution in [0, 0.1) is 0 Å². The van der Waals surface area contributed by atoms with Gasteiger partial charge in [0.15, 0.2) is 0 Å². The van der Waals surface area contributed by atoms with Gasteiger partial charge in [-0.05, 0) is 25.1 Å². The number of hydrogen-bond acceptors (Lipinski definition) is 3. The van der Waals surface area contributed by atoms with Crippen LogP contribution in [0.1, 0.15) is 24.9 Å². The third-order valence-corrected chi connectivity index (χ3v) is 4.12. The summed E-state index contributed by atoms with van der Waals surface area (Å²) in [6.45, 7) is 5.64. The molecule has 0 radical (unpaired) electrons. The number of halogens is 4. The van der Waals surface area contributed by atoms with E-state index in [1.807, 2.05) is 25.1 Å². The van der Waals surface area contributed by atoms with Crippen molar-refractivity contribution in [3.8, 4) is 5.75 Å². The maximum atomic E-state index is 13.0. The topological polar surface area (TPSA) is 24.5 Å². The van der Waals surface area contributed by atoms with Gasteiger partial charge in [0.1, 0.15) is 5.75 Å². The number of nitrogens with one attached hydrogen (secondary N) is 1. The highest BCUT2D eigenvalue weighted by atomic mass is 79.9. The minimum Gasteiger partial charge on any atom is -0.494 e. The molecule has 0 spiro atoms. The zero-order valence-corrected chi connectivity index (χ0v) is 14.9. The van der Waals surface area contributed by atoms with Crippen molar-refractivity contribution in [1.29, 1.82) is 0 Å². The fraction of sp³-hybridized carbons (Fsp3) is 0.600.